The standard InChI is InChI=1S/C9H12BrNS.ClH/c10-8-5-4-7(12-8)9(11)6-2-1-3-6;/h4-6,9H,1-3,11H2;1H/t9-;/m1./s1. The molecule has 0 spiro atoms. The van der Waals surface area contributed by atoms with E-state index in [9.17, 15) is 0 Å². The molecule has 0 bridgehead atoms. The first-order valence-corrected chi connectivity index (χ1v) is 5.89. The molecule has 1 aromatic rings. The van der Waals surface area contributed by atoms with E-state index in [-0.39, 0.29) is 18.4 Å². The lowest BCUT2D eigenvalue weighted by molar-refractivity contribution is 0.267. The van der Waals surface area contributed by atoms with E-state index in [0.717, 1.165) is 5.92 Å². The Morgan fingerprint density at radius 1 is 1.46 bits per heavy atom. The third-order valence-corrected chi connectivity index (χ3v) is 4.31. The molecule has 1 atom stereocenters. The van der Waals surface area contributed by atoms with Crippen molar-refractivity contribution in [3.63, 3.8) is 0 Å². The smallest absolute Gasteiger partial charge is 0.0701 e. The molecule has 1 fully saturated rings. The summed E-state index contributed by atoms with van der Waals surface area (Å²) in [4.78, 5) is 1.33. The van der Waals surface area contributed by atoms with Crippen LogP contribution in [0.4, 0.5) is 0 Å². The number of hydrogen-bond donors (Lipinski definition) is 1. The summed E-state index contributed by atoms with van der Waals surface area (Å²) in [5, 5.41) is 0. The first-order valence-electron chi connectivity index (χ1n) is 4.28. The second-order valence-corrected chi connectivity index (χ2v) is 5.85. The highest BCUT2D eigenvalue weighted by molar-refractivity contribution is 9.11. The molecule has 0 aromatic carbocycles. The van der Waals surface area contributed by atoms with Crippen LogP contribution in [0.25, 0.3) is 0 Å². The molecule has 1 aliphatic rings. The molecule has 0 aliphatic heterocycles. The van der Waals surface area contributed by atoms with Crippen molar-refractivity contribution in [3.05, 3.63) is 20.8 Å². The fourth-order valence-electron chi connectivity index (χ4n) is 1.54. The Hall–Kier alpha value is 0.430. The number of halogens is 2. The van der Waals surface area contributed by atoms with Gasteiger partial charge in [-0.25, -0.2) is 0 Å². The van der Waals surface area contributed by atoms with E-state index < -0.39 is 0 Å². The van der Waals surface area contributed by atoms with Gasteiger partial charge >= 0.3 is 0 Å². The molecular formula is C9H13BrClNS. The molecule has 1 saturated carbocycles. The molecule has 0 saturated heterocycles. The fraction of sp³-hybridized carbons (Fsp3) is 0.556. The quantitative estimate of drug-likeness (QED) is 0.879. The van der Waals surface area contributed by atoms with Crippen LogP contribution in [-0.2, 0) is 0 Å². The normalized spacial score (nSPS) is 18.9. The van der Waals surface area contributed by atoms with Gasteiger partial charge in [-0.2, -0.15) is 0 Å². The molecule has 1 aromatic heterocycles. The summed E-state index contributed by atoms with van der Waals surface area (Å²) in [5.41, 5.74) is 6.10. The number of hydrogen-bond acceptors (Lipinski definition) is 2. The highest BCUT2D eigenvalue weighted by atomic mass is 79.9. The monoisotopic (exact) mass is 281 g/mol. The van der Waals surface area contributed by atoms with Gasteiger partial charge in [-0.3, -0.25) is 0 Å². The van der Waals surface area contributed by atoms with E-state index in [1.54, 1.807) is 11.3 Å². The summed E-state index contributed by atoms with van der Waals surface area (Å²) in [6.45, 7) is 0. The topological polar surface area (TPSA) is 26.0 Å². The van der Waals surface area contributed by atoms with Gasteiger partial charge in [-0.1, -0.05) is 6.42 Å². The van der Waals surface area contributed by atoms with Crippen LogP contribution in [0.2, 0.25) is 0 Å². The van der Waals surface area contributed by atoms with Gasteiger partial charge < -0.3 is 5.73 Å². The van der Waals surface area contributed by atoms with Crippen molar-refractivity contribution >= 4 is 39.7 Å². The Labute approximate surface area is 97.3 Å². The van der Waals surface area contributed by atoms with Crippen molar-refractivity contribution in [2.45, 2.75) is 25.3 Å². The molecule has 1 nitrogen and oxygen atoms in total. The van der Waals surface area contributed by atoms with Crippen molar-refractivity contribution in [2.75, 3.05) is 0 Å². The molecule has 13 heavy (non-hydrogen) atoms. The van der Waals surface area contributed by atoms with Crippen molar-refractivity contribution < 1.29 is 0 Å². The van der Waals surface area contributed by atoms with Gasteiger partial charge in [0.1, 0.15) is 0 Å². The second-order valence-electron chi connectivity index (χ2n) is 3.36. The van der Waals surface area contributed by atoms with Crippen LogP contribution in [0.3, 0.4) is 0 Å². The molecule has 1 heterocycles. The highest BCUT2D eigenvalue weighted by Gasteiger charge is 2.26. The van der Waals surface area contributed by atoms with Gasteiger partial charge in [0.15, 0.2) is 0 Å². The summed E-state index contributed by atoms with van der Waals surface area (Å²) in [6, 6.07) is 4.51. The molecule has 2 rings (SSSR count). The van der Waals surface area contributed by atoms with Crippen molar-refractivity contribution in [3.8, 4) is 0 Å². The van der Waals surface area contributed by atoms with Crippen molar-refractivity contribution in [2.24, 2.45) is 11.7 Å². The van der Waals surface area contributed by atoms with Crippen LogP contribution in [0, 0.1) is 5.92 Å². The molecule has 0 radical (unpaired) electrons. The molecule has 74 valence electrons. The van der Waals surface area contributed by atoms with Gasteiger partial charge in [-0.15, -0.1) is 23.7 Å². The highest BCUT2D eigenvalue weighted by Crippen LogP contribution is 2.39. The summed E-state index contributed by atoms with van der Waals surface area (Å²) in [6.07, 6.45) is 4.00. The van der Waals surface area contributed by atoms with Crippen LogP contribution in [0.1, 0.15) is 30.2 Å². The largest absolute Gasteiger partial charge is 0.323 e. The van der Waals surface area contributed by atoms with Gasteiger partial charge in [0.2, 0.25) is 0 Å². The van der Waals surface area contributed by atoms with Gasteiger partial charge in [0, 0.05) is 10.9 Å². The third-order valence-electron chi connectivity index (χ3n) is 2.58. The minimum atomic E-state index is 0. The Bertz CT molecular complexity index is 272. The number of rotatable bonds is 2. The number of thiophene rings is 1. The lowest BCUT2D eigenvalue weighted by atomic mass is 9.79. The van der Waals surface area contributed by atoms with Crippen molar-refractivity contribution in [1.29, 1.82) is 0 Å². The number of nitrogens with two attached hydrogens (primary N) is 1. The van der Waals surface area contributed by atoms with E-state index in [4.69, 9.17) is 5.73 Å². The second kappa shape index (κ2) is 4.78. The zero-order valence-electron chi connectivity index (χ0n) is 7.20. The Kier molecular flexibility index (Phi) is 4.23. The van der Waals surface area contributed by atoms with E-state index in [2.05, 4.69) is 28.1 Å². The SMILES string of the molecule is Cl.N[C@@H](c1ccc(Br)s1)C1CCC1. The first kappa shape index (κ1) is 11.5. The zero-order chi connectivity index (χ0) is 8.55. The molecule has 0 unspecified atom stereocenters. The van der Waals surface area contributed by atoms with E-state index >= 15 is 0 Å². The maximum absolute atomic E-state index is 6.10. The Balaban J connectivity index is 0.000000845. The maximum Gasteiger partial charge on any atom is 0.0701 e. The van der Waals surface area contributed by atoms with Gasteiger partial charge in [-0.05, 0) is 46.8 Å². The average molecular weight is 283 g/mol. The molecule has 0 amide bonds. The van der Waals surface area contributed by atoms with Gasteiger partial charge in [0.05, 0.1) is 3.79 Å². The minimum absolute atomic E-state index is 0. The predicted octanol–water partition coefficient (Wildman–Crippen LogP) is 3.73. The van der Waals surface area contributed by atoms with Crippen LogP contribution < -0.4 is 5.73 Å². The maximum atomic E-state index is 6.10. The predicted molar refractivity (Wildman–Crippen MR) is 63.5 cm³/mol. The lowest BCUT2D eigenvalue weighted by Gasteiger charge is -2.30. The van der Waals surface area contributed by atoms with E-state index in [0.29, 0.717) is 0 Å². The Morgan fingerprint density at radius 3 is 2.54 bits per heavy atom. The van der Waals surface area contributed by atoms with Crippen LogP contribution >= 0.6 is 39.7 Å². The molecule has 2 N–H and O–H groups in total. The van der Waals surface area contributed by atoms with Crippen LogP contribution in [0.15, 0.2) is 15.9 Å². The minimum Gasteiger partial charge on any atom is -0.323 e. The third kappa shape index (κ3) is 2.46. The summed E-state index contributed by atoms with van der Waals surface area (Å²) in [5.74, 6) is 0.746. The lowest BCUT2D eigenvalue weighted by Crippen LogP contribution is -2.25. The van der Waals surface area contributed by atoms with Crippen LogP contribution in [0.5, 0.6) is 0 Å². The average Bonchev–Trinajstić information content (AvgIpc) is 2.31. The summed E-state index contributed by atoms with van der Waals surface area (Å²) >= 11 is 5.22. The zero-order valence-corrected chi connectivity index (χ0v) is 10.4. The molecule has 4 heteroatoms. The van der Waals surface area contributed by atoms with Crippen molar-refractivity contribution in [1.82, 2.24) is 0 Å². The summed E-state index contributed by atoms with van der Waals surface area (Å²) < 4.78 is 1.19. The first-order chi connectivity index (χ1) is 5.77. The summed E-state index contributed by atoms with van der Waals surface area (Å²) in [7, 11) is 0. The van der Waals surface area contributed by atoms with E-state index in [1.165, 1.54) is 27.9 Å². The van der Waals surface area contributed by atoms with Gasteiger partial charge in [0.25, 0.3) is 0 Å². The van der Waals surface area contributed by atoms with Crippen LogP contribution in [-0.4, -0.2) is 0 Å². The fourth-order valence-corrected chi connectivity index (χ4v) is 3.06. The molecule has 1 aliphatic carbocycles. The Morgan fingerprint density at radius 2 is 2.15 bits per heavy atom. The molecular weight excluding hydrogens is 270 g/mol. The van der Waals surface area contributed by atoms with E-state index in [1.807, 2.05) is 0 Å².